The lowest BCUT2D eigenvalue weighted by Gasteiger charge is -2.61. The lowest BCUT2D eigenvalue weighted by atomic mass is 9.44. The van der Waals surface area contributed by atoms with Crippen LogP contribution in [-0.2, 0) is 19.3 Å². The van der Waals surface area contributed by atoms with Gasteiger partial charge in [0, 0.05) is 10.9 Å². The highest BCUT2D eigenvalue weighted by molar-refractivity contribution is 6.09. The number of fused-ring (bicyclic) bond motifs is 10. The van der Waals surface area contributed by atoms with E-state index in [1.165, 1.54) is 128 Å². The Hall–Kier alpha value is -2.67. The normalized spacial score (nSPS) is 31.4. The molecule has 0 saturated heterocycles. The Bertz CT molecular complexity index is 1800. The molecular formula is C48H63N. The van der Waals surface area contributed by atoms with Crippen molar-refractivity contribution in [3.63, 3.8) is 0 Å². The molecular weight excluding hydrogens is 591 g/mol. The van der Waals surface area contributed by atoms with E-state index in [-0.39, 0.29) is 0 Å². The lowest BCUT2D eigenvalue weighted by Crippen LogP contribution is -2.54. The lowest BCUT2D eigenvalue weighted by molar-refractivity contribution is -0.103. The summed E-state index contributed by atoms with van der Waals surface area (Å²) in [5.74, 6) is 6.10. The van der Waals surface area contributed by atoms with Gasteiger partial charge in [-0.2, -0.15) is 0 Å². The van der Waals surface area contributed by atoms with Crippen molar-refractivity contribution in [2.45, 2.75) is 131 Å². The van der Waals surface area contributed by atoms with Crippen LogP contribution in [0.2, 0.25) is 0 Å². The van der Waals surface area contributed by atoms with E-state index in [1.807, 2.05) is 0 Å². The minimum atomic E-state index is 0.355. The average Bonchev–Trinajstić information content (AvgIpc) is 3.46. The molecule has 0 bridgehead atoms. The largest absolute Gasteiger partial charge is 0.247 e. The minimum Gasteiger partial charge on any atom is -0.247 e. The molecule has 3 aromatic carbocycles. The predicted octanol–water partition coefficient (Wildman–Crippen LogP) is 13.4. The molecule has 3 fully saturated rings. The van der Waals surface area contributed by atoms with E-state index in [4.69, 9.17) is 4.98 Å². The Kier molecular flexibility index (Phi) is 8.98. The van der Waals surface area contributed by atoms with Crippen molar-refractivity contribution in [2.24, 2.45) is 52.3 Å². The predicted molar refractivity (Wildman–Crippen MR) is 210 cm³/mol. The van der Waals surface area contributed by atoms with Crippen LogP contribution >= 0.6 is 0 Å². The number of aryl methyl sites for hydroxylation is 1. The fraction of sp³-hybridized carbons (Fsp3) is 0.604. The molecule has 3 saturated carbocycles. The maximum atomic E-state index is 5.60. The van der Waals surface area contributed by atoms with Crippen LogP contribution in [0.3, 0.4) is 0 Å². The van der Waals surface area contributed by atoms with E-state index in [9.17, 15) is 0 Å². The van der Waals surface area contributed by atoms with E-state index in [0.29, 0.717) is 10.8 Å². The van der Waals surface area contributed by atoms with Gasteiger partial charge in [0.25, 0.3) is 0 Å². The van der Waals surface area contributed by atoms with Gasteiger partial charge >= 0.3 is 0 Å². The van der Waals surface area contributed by atoms with Crippen molar-refractivity contribution in [1.82, 2.24) is 4.98 Å². The van der Waals surface area contributed by atoms with Crippen molar-refractivity contribution in [2.75, 3.05) is 0 Å². The molecule has 8 rings (SSSR count). The number of aromatic nitrogens is 1. The fourth-order valence-corrected chi connectivity index (χ4v) is 12.8. The SMILES string of the molecule is CCCCc1ccc(-c2nc3ccc4ccccc4c3c3c2C[C@@]2(C)C(CC[C@H]4[C@@H]5CC[C@H]([C@H](C)CCCC(C)C)[C@@]5(C)CC[C@@H]42)C3)cc1. The molecule has 49 heavy (non-hydrogen) atoms. The van der Waals surface area contributed by atoms with E-state index in [0.717, 1.165) is 41.4 Å². The molecule has 0 radical (unpaired) electrons. The van der Waals surface area contributed by atoms with Crippen molar-refractivity contribution in [3.8, 4) is 11.3 Å². The van der Waals surface area contributed by atoms with Crippen molar-refractivity contribution in [1.29, 1.82) is 0 Å². The maximum absolute atomic E-state index is 5.60. The number of hydrogen-bond donors (Lipinski definition) is 0. The first-order valence-electron chi connectivity index (χ1n) is 20.6. The van der Waals surface area contributed by atoms with E-state index < -0.39 is 0 Å². The van der Waals surface area contributed by atoms with E-state index >= 15 is 0 Å². The molecule has 0 spiro atoms. The van der Waals surface area contributed by atoms with Gasteiger partial charge in [-0.25, -0.2) is 4.98 Å². The number of hydrogen-bond acceptors (Lipinski definition) is 1. The summed E-state index contributed by atoms with van der Waals surface area (Å²) in [5.41, 5.74) is 9.37. The third-order valence-corrected chi connectivity index (χ3v) is 15.4. The first-order chi connectivity index (χ1) is 23.7. The third kappa shape index (κ3) is 5.69. The number of benzene rings is 3. The van der Waals surface area contributed by atoms with Gasteiger partial charge in [-0.3, -0.25) is 0 Å². The second-order valence-corrected chi connectivity index (χ2v) is 18.5. The Morgan fingerprint density at radius 2 is 1.57 bits per heavy atom. The molecule has 1 heteroatoms. The fourth-order valence-electron chi connectivity index (χ4n) is 12.8. The van der Waals surface area contributed by atoms with Gasteiger partial charge in [0.2, 0.25) is 0 Å². The van der Waals surface area contributed by atoms with Gasteiger partial charge in [-0.05, 0) is 150 Å². The van der Waals surface area contributed by atoms with Crippen LogP contribution < -0.4 is 0 Å². The number of unbranched alkanes of at least 4 members (excludes halogenated alkanes) is 1. The van der Waals surface area contributed by atoms with Gasteiger partial charge in [0.05, 0.1) is 11.2 Å². The number of pyridine rings is 1. The minimum absolute atomic E-state index is 0.355. The van der Waals surface area contributed by atoms with Crippen LogP contribution in [0.4, 0.5) is 0 Å². The van der Waals surface area contributed by atoms with Crippen LogP contribution in [0.5, 0.6) is 0 Å². The Morgan fingerprint density at radius 3 is 2.37 bits per heavy atom. The van der Waals surface area contributed by atoms with Crippen LogP contribution in [0.1, 0.15) is 129 Å². The highest BCUT2D eigenvalue weighted by Crippen LogP contribution is 2.68. The van der Waals surface area contributed by atoms with Crippen LogP contribution in [0.25, 0.3) is 32.9 Å². The first-order valence-corrected chi connectivity index (χ1v) is 20.6. The molecule has 4 aliphatic carbocycles. The highest BCUT2D eigenvalue weighted by atomic mass is 14.7. The summed E-state index contributed by atoms with van der Waals surface area (Å²) < 4.78 is 0. The van der Waals surface area contributed by atoms with Crippen LogP contribution in [-0.4, -0.2) is 4.98 Å². The number of rotatable bonds is 9. The maximum Gasteiger partial charge on any atom is 0.0744 e. The van der Waals surface area contributed by atoms with E-state index in [1.54, 1.807) is 11.1 Å². The van der Waals surface area contributed by atoms with Crippen LogP contribution in [0.15, 0.2) is 60.7 Å². The Labute approximate surface area is 298 Å². The van der Waals surface area contributed by atoms with E-state index in [2.05, 4.69) is 102 Å². The molecule has 0 N–H and O–H groups in total. The summed E-state index contributed by atoms with van der Waals surface area (Å²) in [7, 11) is 0. The molecule has 1 heterocycles. The Balaban J connectivity index is 1.16. The topological polar surface area (TPSA) is 12.9 Å². The zero-order chi connectivity index (χ0) is 33.9. The first kappa shape index (κ1) is 33.5. The molecule has 0 amide bonds. The second-order valence-electron chi connectivity index (χ2n) is 18.5. The standard InChI is InChI=1S/C48H63N/c1-7-8-14-33-17-19-35(20-18-33)46-40-30-48(6)36(29-39(40)45-37-16-10-9-15-34(37)21-26-44(45)49-46)22-23-38-42-25-24-41(32(4)13-11-12-31(2)3)47(42,5)28-27-43(38)48/h9-10,15-21,26,31-32,36,38,41-43H,7-8,11-14,22-25,27-30H2,1-6H3/t32-,36?,38+,41-,42+,43+,47-,48+/m1/s1. The third-order valence-electron chi connectivity index (χ3n) is 15.4. The zero-order valence-corrected chi connectivity index (χ0v) is 31.7. The molecule has 1 unspecified atom stereocenters. The summed E-state index contributed by atoms with van der Waals surface area (Å²) in [4.78, 5) is 5.60. The van der Waals surface area contributed by atoms with Crippen molar-refractivity contribution >= 4 is 21.7 Å². The summed E-state index contributed by atoms with van der Waals surface area (Å²) in [6.07, 6.45) is 19.1. The molecule has 8 atom stereocenters. The molecule has 0 aliphatic heterocycles. The smallest absolute Gasteiger partial charge is 0.0744 e. The summed E-state index contributed by atoms with van der Waals surface area (Å²) in [5, 5.41) is 4.20. The van der Waals surface area contributed by atoms with Gasteiger partial charge in [0.1, 0.15) is 0 Å². The van der Waals surface area contributed by atoms with Crippen molar-refractivity contribution < 1.29 is 0 Å². The Morgan fingerprint density at radius 1 is 0.776 bits per heavy atom. The zero-order valence-electron chi connectivity index (χ0n) is 31.7. The second kappa shape index (κ2) is 13.1. The van der Waals surface area contributed by atoms with Gasteiger partial charge < -0.3 is 0 Å². The summed E-state index contributed by atoms with van der Waals surface area (Å²) >= 11 is 0. The summed E-state index contributed by atoms with van der Waals surface area (Å²) in [6, 6.07) is 23.2. The van der Waals surface area contributed by atoms with Crippen LogP contribution in [0, 0.1) is 52.3 Å². The average molecular weight is 654 g/mol. The van der Waals surface area contributed by atoms with Gasteiger partial charge in [-0.15, -0.1) is 0 Å². The summed E-state index contributed by atoms with van der Waals surface area (Å²) in [6.45, 7) is 15.2. The molecule has 4 aliphatic rings. The van der Waals surface area contributed by atoms with Crippen molar-refractivity contribution in [3.05, 3.63) is 77.4 Å². The quantitative estimate of drug-likeness (QED) is 0.164. The number of nitrogens with zero attached hydrogens (tertiary/aromatic N) is 1. The molecule has 260 valence electrons. The molecule has 4 aromatic rings. The van der Waals surface area contributed by atoms with Gasteiger partial charge in [-0.1, -0.05) is 122 Å². The molecule has 1 nitrogen and oxygen atoms in total. The molecule has 1 aromatic heterocycles. The highest BCUT2D eigenvalue weighted by Gasteiger charge is 2.60. The monoisotopic (exact) mass is 653 g/mol. The van der Waals surface area contributed by atoms with Gasteiger partial charge in [0.15, 0.2) is 0 Å².